The number of aliphatic carboxylic acids is 1. The van der Waals surface area contributed by atoms with E-state index in [0.29, 0.717) is 17.4 Å². The van der Waals surface area contributed by atoms with Crippen molar-refractivity contribution in [2.75, 3.05) is 5.32 Å². The number of hydrogen-bond acceptors (Lipinski definition) is 5. The van der Waals surface area contributed by atoms with Gasteiger partial charge in [0, 0.05) is 11.5 Å². The van der Waals surface area contributed by atoms with Gasteiger partial charge >= 0.3 is 5.97 Å². The van der Waals surface area contributed by atoms with E-state index in [9.17, 15) is 4.79 Å². The van der Waals surface area contributed by atoms with Crippen molar-refractivity contribution >= 4 is 22.6 Å². The number of anilines is 1. The van der Waals surface area contributed by atoms with Crippen molar-refractivity contribution in [1.29, 1.82) is 0 Å². The van der Waals surface area contributed by atoms with Crippen molar-refractivity contribution in [2.24, 2.45) is 0 Å². The first kappa shape index (κ1) is 11.9. The standard InChI is InChI=1S/C9H15N3O2S/c1-3-4-5-7(8(13)14)11-9-10-6(2)12-15-9/h7H,3-5H2,1-2H3,(H,13,14)(H,10,11,12)/t7-/m0/s1. The Labute approximate surface area is 92.7 Å². The number of hydrogen-bond donors (Lipinski definition) is 2. The SMILES string of the molecule is CCCC[C@H](Nc1nc(C)ns1)C(=O)O. The van der Waals surface area contributed by atoms with Gasteiger partial charge in [0.25, 0.3) is 0 Å². The van der Waals surface area contributed by atoms with E-state index in [1.807, 2.05) is 6.92 Å². The molecular formula is C9H15N3O2S. The lowest BCUT2D eigenvalue weighted by molar-refractivity contribution is -0.138. The molecule has 1 atom stereocenters. The van der Waals surface area contributed by atoms with Crippen molar-refractivity contribution in [3.8, 4) is 0 Å². The molecule has 0 amide bonds. The number of nitrogens with one attached hydrogen (secondary N) is 1. The van der Waals surface area contributed by atoms with Gasteiger partial charge in [-0.15, -0.1) is 0 Å². The normalized spacial score (nSPS) is 12.4. The predicted octanol–water partition coefficient (Wildman–Crippen LogP) is 1.90. The van der Waals surface area contributed by atoms with Crippen LogP contribution in [0, 0.1) is 6.92 Å². The summed E-state index contributed by atoms with van der Waals surface area (Å²) in [6.07, 6.45) is 2.49. The zero-order valence-corrected chi connectivity index (χ0v) is 9.67. The molecule has 5 nitrogen and oxygen atoms in total. The van der Waals surface area contributed by atoms with Gasteiger partial charge in [0.05, 0.1) is 0 Å². The number of carboxylic acid groups (broad SMARTS) is 1. The van der Waals surface area contributed by atoms with Crippen LogP contribution in [-0.4, -0.2) is 26.5 Å². The van der Waals surface area contributed by atoms with Gasteiger partial charge in [0.1, 0.15) is 11.9 Å². The third-order valence-electron chi connectivity index (χ3n) is 1.97. The number of carboxylic acids is 1. The molecule has 0 radical (unpaired) electrons. The van der Waals surface area contributed by atoms with Gasteiger partial charge in [0.2, 0.25) is 5.13 Å². The van der Waals surface area contributed by atoms with E-state index in [1.165, 1.54) is 11.5 Å². The molecule has 1 heterocycles. The molecular weight excluding hydrogens is 214 g/mol. The molecule has 0 aliphatic heterocycles. The summed E-state index contributed by atoms with van der Waals surface area (Å²) in [7, 11) is 0. The van der Waals surface area contributed by atoms with E-state index >= 15 is 0 Å². The third-order valence-corrected chi connectivity index (χ3v) is 2.71. The minimum atomic E-state index is -0.837. The summed E-state index contributed by atoms with van der Waals surface area (Å²) in [5, 5.41) is 12.4. The maximum atomic E-state index is 10.9. The lowest BCUT2D eigenvalue weighted by atomic mass is 10.1. The molecule has 1 aromatic rings. The van der Waals surface area contributed by atoms with Gasteiger partial charge in [-0.3, -0.25) is 0 Å². The molecule has 0 unspecified atom stereocenters. The van der Waals surface area contributed by atoms with Crippen LogP contribution in [0.5, 0.6) is 0 Å². The molecule has 1 aromatic heterocycles. The second-order valence-electron chi connectivity index (χ2n) is 3.32. The molecule has 1 rings (SSSR count). The predicted molar refractivity (Wildman–Crippen MR) is 59.2 cm³/mol. The van der Waals surface area contributed by atoms with Crippen molar-refractivity contribution in [3.63, 3.8) is 0 Å². The maximum Gasteiger partial charge on any atom is 0.326 e. The van der Waals surface area contributed by atoms with Gasteiger partial charge < -0.3 is 10.4 Å². The summed E-state index contributed by atoms with van der Waals surface area (Å²) in [5.74, 6) is -0.168. The lowest BCUT2D eigenvalue weighted by Crippen LogP contribution is -2.29. The minimum absolute atomic E-state index is 0.558. The monoisotopic (exact) mass is 229 g/mol. The van der Waals surface area contributed by atoms with Crippen LogP contribution in [0.15, 0.2) is 0 Å². The Bertz CT molecular complexity index is 327. The van der Waals surface area contributed by atoms with Gasteiger partial charge in [-0.2, -0.15) is 4.37 Å². The molecule has 0 aliphatic carbocycles. The zero-order chi connectivity index (χ0) is 11.3. The Hall–Kier alpha value is -1.17. The summed E-state index contributed by atoms with van der Waals surface area (Å²) < 4.78 is 3.98. The molecule has 6 heteroatoms. The number of aryl methyl sites for hydroxylation is 1. The Morgan fingerprint density at radius 2 is 2.40 bits per heavy atom. The molecule has 15 heavy (non-hydrogen) atoms. The second-order valence-corrected chi connectivity index (χ2v) is 4.08. The summed E-state index contributed by atoms with van der Waals surface area (Å²) in [6, 6.07) is -0.558. The smallest absolute Gasteiger partial charge is 0.326 e. The van der Waals surface area contributed by atoms with E-state index in [-0.39, 0.29) is 0 Å². The Morgan fingerprint density at radius 3 is 2.87 bits per heavy atom. The van der Waals surface area contributed by atoms with Gasteiger partial charge in [-0.1, -0.05) is 19.8 Å². The highest BCUT2D eigenvalue weighted by molar-refractivity contribution is 7.09. The van der Waals surface area contributed by atoms with Crippen LogP contribution in [0.1, 0.15) is 32.0 Å². The molecule has 0 saturated heterocycles. The summed E-state index contributed by atoms with van der Waals surface area (Å²) >= 11 is 1.19. The highest BCUT2D eigenvalue weighted by Crippen LogP contribution is 2.14. The van der Waals surface area contributed by atoms with Crippen LogP contribution in [-0.2, 0) is 4.79 Å². The number of carbonyl (C=O) groups is 1. The molecule has 0 fully saturated rings. The summed E-state index contributed by atoms with van der Waals surface area (Å²) in [6.45, 7) is 3.82. The number of nitrogens with zero attached hydrogens (tertiary/aromatic N) is 2. The van der Waals surface area contributed by atoms with Gasteiger partial charge in [-0.05, 0) is 13.3 Å². The van der Waals surface area contributed by atoms with E-state index < -0.39 is 12.0 Å². The lowest BCUT2D eigenvalue weighted by Gasteiger charge is -2.12. The largest absolute Gasteiger partial charge is 0.480 e. The number of rotatable bonds is 6. The molecule has 0 aromatic carbocycles. The van der Waals surface area contributed by atoms with Gasteiger partial charge in [0.15, 0.2) is 0 Å². The average Bonchev–Trinajstić information content (AvgIpc) is 2.58. The maximum absolute atomic E-state index is 10.9. The van der Waals surface area contributed by atoms with Crippen molar-refractivity contribution in [1.82, 2.24) is 9.36 Å². The van der Waals surface area contributed by atoms with Crippen LogP contribution >= 0.6 is 11.5 Å². The highest BCUT2D eigenvalue weighted by atomic mass is 32.1. The van der Waals surface area contributed by atoms with E-state index in [0.717, 1.165) is 12.8 Å². The summed E-state index contributed by atoms with van der Waals surface area (Å²) in [4.78, 5) is 15.0. The van der Waals surface area contributed by atoms with E-state index in [4.69, 9.17) is 5.11 Å². The molecule has 0 spiro atoms. The Morgan fingerprint density at radius 1 is 1.67 bits per heavy atom. The Kier molecular flexibility index (Phi) is 4.48. The first-order valence-electron chi connectivity index (χ1n) is 4.93. The number of aromatic nitrogens is 2. The number of unbranched alkanes of at least 4 members (excludes halogenated alkanes) is 1. The molecule has 0 aliphatic rings. The fourth-order valence-corrected chi connectivity index (χ4v) is 1.80. The zero-order valence-electron chi connectivity index (χ0n) is 8.86. The topological polar surface area (TPSA) is 75.1 Å². The summed E-state index contributed by atoms with van der Waals surface area (Å²) in [5.41, 5.74) is 0. The molecule has 0 bridgehead atoms. The Balaban J connectivity index is 2.54. The first-order valence-corrected chi connectivity index (χ1v) is 5.70. The minimum Gasteiger partial charge on any atom is -0.480 e. The fourth-order valence-electron chi connectivity index (χ4n) is 1.17. The van der Waals surface area contributed by atoms with E-state index in [1.54, 1.807) is 6.92 Å². The van der Waals surface area contributed by atoms with Crippen molar-refractivity contribution < 1.29 is 9.90 Å². The van der Waals surface area contributed by atoms with Crippen molar-refractivity contribution in [3.05, 3.63) is 5.82 Å². The van der Waals surface area contributed by atoms with Crippen LogP contribution in [0.4, 0.5) is 5.13 Å². The molecule has 0 saturated carbocycles. The molecule has 84 valence electrons. The second kappa shape index (κ2) is 5.65. The van der Waals surface area contributed by atoms with Crippen molar-refractivity contribution in [2.45, 2.75) is 39.2 Å². The third kappa shape index (κ3) is 3.83. The van der Waals surface area contributed by atoms with E-state index in [2.05, 4.69) is 14.7 Å². The van der Waals surface area contributed by atoms with Crippen LogP contribution in [0.3, 0.4) is 0 Å². The van der Waals surface area contributed by atoms with Crippen LogP contribution in [0.25, 0.3) is 0 Å². The average molecular weight is 229 g/mol. The molecule has 2 N–H and O–H groups in total. The quantitative estimate of drug-likeness (QED) is 0.779. The van der Waals surface area contributed by atoms with Crippen LogP contribution in [0.2, 0.25) is 0 Å². The van der Waals surface area contributed by atoms with Gasteiger partial charge in [-0.25, -0.2) is 9.78 Å². The fraction of sp³-hybridized carbons (Fsp3) is 0.667. The van der Waals surface area contributed by atoms with Crippen LogP contribution < -0.4 is 5.32 Å². The highest BCUT2D eigenvalue weighted by Gasteiger charge is 2.17. The first-order chi connectivity index (χ1) is 7.13.